The monoisotopic (exact) mass is 230 g/mol. The molecule has 86 valence electrons. The van der Waals surface area contributed by atoms with E-state index in [-0.39, 0.29) is 18.0 Å². The average molecular weight is 230 g/mol. The molecule has 0 fully saturated rings. The molecule has 1 aromatic heterocycles. The van der Waals surface area contributed by atoms with E-state index < -0.39 is 0 Å². The molecule has 0 radical (unpaired) electrons. The molecule has 2 aromatic rings. The molecule has 0 atom stereocenters. The molecule has 0 amide bonds. The van der Waals surface area contributed by atoms with Crippen LogP contribution in [0.2, 0.25) is 0 Å². The van der Waals surface area contributed by atoms with Crippen LogP contribution in [0.1, 0.15) is 12.7 Å². The van der Waals surface area contributed by atoms with Crippen molar-refractivity contribution in [2.24, 2.45) is 0 Å². The molecule has 0 unspecified atom stereocenters. The molecule has 1 aromatic carbocycles. The van der Waals surface area contributed by atoms with Crippen molar-refractivity contribution in [3.63, 3.8) is 0 Å². The van der Waals surface area contributed by atoms with E-state index in [4.69, 9.17) is 0 Å². The number of aromatic nitrogens is 2. The largest absolute Gasteiger partial charge is 0.300 e. The van der Waals surface area contributed by atoms with Gasteiger partial charge in [-0.15, -0.1) is 0 Å². The van der Waals surface area contributed by atoms with Gasteiger partial charge in [-0.05, 0) is 25.1 Å². The maximum Gasteiger partial charge on any atom is 0.137 e. The quantitative estimate of drug-likeness (QED) is 0.813. The second-order valence-electron chi connectivity index (χ2n) is 3.75. The minimum atomic E-state index is -0.311. The minimum Gasteiger partial charge on any atom is -0.300 e. The molecule has 0 aliphatic heterocycles. The number of rotatable bonds is 3. The Bertz CT molecular complexity index is 555. The Morgan fingerprint density at radius 2 is 2.18 bits per heavy atom. The molecule has 4 heteroatoms. The highest BCUT2D eigenvalue weighted by atomic mass is 19.1. The van der Waals surface area contributed by atoms with Gasteiger partial charge in [-0.2, -0.15) is 0 Å². The van der Waals surface area contributed by atoms with E-state index >= 15 is 0 Å². The number of hydrogen-bond acceptors (Lipinski definition) is 3. The van der Waals surface area contributed by atoms with Crippen LogP contribution in [0, 0.1) is 5.82 Å². The van der Waals surface area contributed by atoms with Crippen LogP contribution in [0.15, 0.2) is 36.5 Å². The molecule has 0 saturated carbocycles. The average Bonchev–Trinajstić information content (AvgIpc) is 2.28. The Morgan fingerprint density at radius 1 is 1.35 bits per heavy atom. The fourth-order valence-corrected chi connectivity index (χ4v) is 1.52. The highest BCUT2D eigenvalue weighted by Gasteiger charge is 2.05. The fourth-order valence-electron chi connectivity index (χ4n) is 1.52. The molecule has 0 bridgehead atoms. The Balaban J connectivity index is 2.36. The zero-order chi connectivity index (χ0) is 12.3. The molecule has 2 rings (SSSR count). The zero-order valence-electron chi connectivity index (χ0n) is 9.35. The van der Waals surface area contributed by atoms with Crippen molar-refractivity contribution in [3.05, 3.63) is 48.2 Å². The molecular formula is C13H11FN2O. The summed E-state index contributed by atoms with van der Waals surface area (Å²) in [6, 6.07) is 7.86. The molecule has 17 heavy (non-hydrogen) atoms. The van der Waals surface area contributed by atoms with Gasteiger partial charge in [-0.3, -0.25) is 4.79 Å². The Morgan fingerprint density at radius 3 is 2.88 bits per heavy atom. The summed E-state index contributed by atoms with van der Waals surface area (Å²) in [5, 5.41) is 0. The number of nitrogens with zero attached hydrogens (tertiary/aromatic N) is 2. The van der Waals surface area contributed by atoms with Gasteiger partial charge in [0.25, 0.3) is 0 Å². The smallest absolute Gasteiger partial charge is 0.137 e. The third kappa shape index (κ3) is 2.93. The summed E-state index contributed by atoms with van der Waals surface area (Å²) in [4.78, 5) is 19.2. The van der Waals surface area contributed by atoms with Gasteiger partial charge in [0.05, 0.1) is 12.1 Å². The number of benzene rings is 1. The standard InChI is InChI=1S/C13H11FN2O/c1-9(17)7-13-15-6-5-12(16-13)10-3-2-4-11(14)8-10/h2-6,8H,7H2,1H3. The minimum absolute atomic E-state index is 0.00129. The SMILES string of the molecule is CC(=O)Cc1nccc(-c2cccc(F)c2)n1. The molecule has 0 spiro atoms. The van der Waals surface area contributed by atoms with Gasteiger partial charge in [0.1, 0.15) is 17.4 Å². The Kier molecular flexibility index (Phi) is 3.23. The number of hydrogen-bond donors (Lipinski definition) is 0. The van der Waals surface area contributed by atoms with Gasteiger partial charge < -0.3 is 0 Å². The first-order chi connectivity index (χ1) is 8.15. The van der Waals surface area contributed by atoms with E-state index in [2.05, 4.69) is 9.97 Å². The summed E-state index contributed by atoms with van der Waals surface area (Å²) in [6.07, 6.45) is 1.77. The van der Waals surface area contributed by atoms with E-state index in [1.54, 1.807) is 24.4 Å². The van der Waals surface area contributed by atoms with Crippen molar-refractivity contribution in [1.29, 1.82) is 0 Å². The molecule has 0 N–H and O–H groups in total. The summed E-state index contributed by atoms with van der Waals surface area (Å²) in [7, 11) is 0. The lowest BCUT2D eigenvalue weighted by Gasteiger charge is -2.02. The van der Waals surface area contributed by atoms with Crippen LogP contribution in [-0.4, -0.2) is 15.8 Å². The number of ketones is 1. The predicted octanol–water partition coefficient (Wildman–Crippen LogP) is 2.41. The lowest BCUT2D eigenvalue weighted by Crippen LogP contribution is -2.02. The summed E-state index contributed by atoms with van der Waals surface area (Å²) < 4.78 is 13.1. The summed E-state index contributed by atoms with van der Waals surface area (Å²) in [6.45, 7) is 1.48. The number of carbonyl (C=O) groups is 1. The zero-order valence-corrected chi connectivity index (χ0v) is 9.35. The van der Waals surface area contributed by atoms with E-state index in [0.29, 0.717) is 17.1 Å². The topological polar surface area (TPSA) is 42.9 Å². The number of carbonyl (C=O) groups excluding carboxylic acids is 1. The van der Waals surface area contributed by atoms with Crippen molar-refractivity contribution < 1.29 is 9.18 Å². The fraction of sp³-hybridized carbons (Fsp3) is 0.154. The second kappa shape index (κ2) is 4.82. The van der Waals surface area contributed by atoms with E-state index in [1.165, 1.54) is 19.1 Å². The van der Waals surface area contributed by atoms with Crippen LogP contribution in [0.4, 0.5) is 4.39 Å². The lowest BCUT2D eigenvalue weighted by atomic mass is 10.1. The third-order valence-corrected chi connectivity index (χ3v) is 2.23. The summed E-state index contributed by atoms with van der Waals surface area (Å²) >= 11 is 0. The van der Waals surface area contributed by atoms with Crippen LogP contribution in [0.3, 0.4) is 0 Å². The van der Waals surface area contributed by atoms with E-state index in [0.717, 1.165) is 0 Å². The molecule has 3 nitrogen and oxygen atoms in total. The van der Waals surface area contributed by atoms with Gasteiger partial charge in [-0.25, -0.2) is 14.4 Å². The highest BCUT2D eigenvalue weighted by molar-refractivity contribution is 5.77. The van der Waals surface area contributed by atoms with Crippen molar-refractivity contribution in [1.82, 2.24) is 9.97 Å². The molecule has 1 heterocycles. The van der Waals surface area contributed by atoms with E-state index in [1.807, 2.05) is 0 Å². The van der Waals surface area contributed by atoms with Crippen LogP contribution < -0.4 is 0 Å². The normalized spacial score (nSPS) is 10.2. The lowest BCUT2D eigenvalue weighted by molar-refractivity contribution is -0.116. The van der Waals surface area contributed by atoms with Gasteiger partial charge in [0.2, 0.25) is 0 Å². The molecule has 0 saturated heterocycles. The van der Waals surface area contributed by atoms with Crippen LogP contribution in [0.5, 0.6) is 0 Å². The first kappa shape index (κ1) is 11.4. The van der Waals surface area contributed by atoms with Crippen molar-refractivity contribution in [3.8, 4) is 11.3 Å². The molecule has 0 aliphatic rings. The van der Waals surface area contributed by atoms with Crippen LogP contribution in [0.25, 0.3) is 11.3 Å². The van der Waals surface area contributed by atoms with Crippen molar-refractivity contribution in [2.45, 2.75) is 13.3 Å². The van der Waals surface area contributed by atoms with E-state index in [9.17, 15) is 9.18 Å². The number of halogens is 1. The first-order valence-electron chi connectivity index (χ1n) is 5.22. The third-order valence-electron chi connectivity index (χ3n) is 2.23. The Labute approximate surface area is 98.3 Å². The summed E-state index contributed by atoms with van der Waals surface area (Å²) in [5.74, 6) is 0.148. The highest BCUT2D eigenvalue weighted by Crippen LogP contribution is 2.17. The predicted molar refractivity (Wildman–Crippen MR) is 61.8 cm³/mol. The second-order valence-corrected chi connectivity index (χ2v) is 3.75. The maximum absolute atomic E-state index is 13.1. The van der Waals surface area contributed by atoms with Gasteiger partial charge in [0, 0.05) is 11.8 Å². The number of Topliss-reactive ketones (excluding diaryl/α,β-unsaturated/α-hetero) is 1. The van der Waals surface area contributed by atoms with Crippen molar-refractivity contribution in [2.75, 3.05) is 0 Å². The van der Waals surface area contributed by atoms with Crippen molar-refractivity contribution >= 4 is 5.78 Å². The van der Waals surface area contributed by atoms with Crippen LogP contribution in [-0.2, 0) is 11.2 Å². The summed E-state index contributed by atoms with van der Waals surface area (Å²) in [5.41, 5.74) is 1.30. The van der Waals surface area contributed by atoms with Crippen LogP contribution >= 0.6 is 0 Å². The Hall–Kier alpha value is -2.10. The molecular weight excluding hydrogens is 219 g/mol. The maximum atomic E-state index is 13.1. The van der Waals surface area contributed by atoms with Gasteiger partial charge >= 0.3 is 0 Å². The van der Waals surface area contributed by atoms with Gasteiger partial charge in [-0.1, -0.05) is 12.1 Å². The van der Waals surface area contributed by atoms with Gasteiger partial charge in [0.15, 0.2) is 0 Å². The molecule has 0 aliphatic carbocycles. The first-order valence-corrected chi connectivity index (χ1v) is 5.22.